The molecular weight excluding hydrogens is 217 g/mol. The smallest absolute Gasteiger partial charge is 0.141 e. The Kier molecular flexibility index (Phi) is 3.31. The molecule has 17 heavy (non-hydrogen) atoms. The van der Waals surface area contributed by atoms with E-state index >= 15 is 0 Å². The minimum atomic E-state index is -0.537. The van der Waals surface area contributed by atoms with Gasteiger partial charge in [0.15, 0.2) is 0 Å². The van der Waals surface area contributed by atoms with Gasteiger partial charge < -0.3 is 5.32 Å². The molecule has 0 aliphatic heterocycles. The number of pyridine rings is 1. The van der Waals surface area contributed by atoms with E-state index in [4.69, 9.17) is 5.26 Å². The molecule has 0 saturated carbocycles. The van der Waals surface area contributed by atoms with Gasteiger partial charge in [-0.25, -0.2) is 4.39 Å². The first kappa shape index (κ1) is 11.1. The minimum Gasteiger partial charge on any atom is -0.366 e. The van der Waals surface area contributed by atoms with Gasteiger partial charge in [0.25, 0.3) is 0 Å². The lowest BCUT2D eigenvalue weighted by Gasteiger charge is -2.12. The first-order valence-electron chi connectivity index (χ1n) is 5.11. The Bertz CT molecular complexity index is 534. The molecule has 1 N–H and O–H groups in total. The molecule has 0 saturated heterocycles. The molecule has 3 nitrogen and oxygen atoms in total. The van der Waals surface area contributed by atoms with Crippen LogP contribution < -0.4 is 5.32 Å². The number of nitriles is 1. The number of nitrogens with zero attached hydrogens (tertiary/aromatic N) is 2. The number of anilines is 1. The summed E-state index contributed by atoms with van der Waals surface area (Å²) >= 11 is 0. The first-order chi connectivity index (χ1) is 8.29. The molecule has 4 heteroatoms. The van der Waals surface area contributed by atoms with Crippen molar-refractivity contribution in [2.24, 2.45) is 0 Å². The number of rotatable bonds is 3. The third-order valence-electron chi connectivity index (χ3n) is 2.28. The summed E-state index contributed by atoms with van der Waals surface area (Å²) in [5.41, 5.74) is 1.32. The third kappa shape index (κ3) is 2.79. The quantitative estimate of drug-likeness (QED) is 0.877. The first-order valence-corrected chi connectivity index (χ1v) is 5.11. The van der Waals surface area contributed by atoms with E-state index in [9.17, 15) is 4.39 Å². The molecule has 0 radical (unpaired) electrons. The molecule has 0 bridgehead atoms. The van der Waals surface area contributed by atoms with Crippen LogP contribution in [0.5, 0.6) is 0 Å². The van der Waals surface area contributed by atoms with Crippen molar-refractivity contribution < 1.29 is 4.39 Å². The summed E-state index contributed by atoms with van der Waals surface area (Å²) in [6, 6.07) is 11.1. The number of aromatic nitrogens is 1. The van der Waals surface area contributed by atoms with Crippen LogP contribution >= 0.6 is 0 Å². The SMILES string of the molecule is N#CC(Nc1cccc(F)c1)c1cccnc1. The fourth-order valence-corrected chi connectivity index (χ4v) is 1.48. The monoisotopic (exact) mass is 227 g/mol. The fourth-order valence-electron chi connectivity index (χ4n) is 1.48. The van der Waals surface area contributed by atoms with Crippen molar-refractivity contribution >= 4 is 5.69 Å². The summed E-state index contributed by atoms with van der Waals surface area (Å²) in [6.07, 6.45) is 3.25. The van der Waals surface area contributed by atoms with Gasteiger partial charge in [-0.2, -0.15) is 5.26 Å². The second kappa shape index (κ2) is 5.08. The van der Waals surface area contributed by atoms with Gasteiger partial charge in [0.1, 0.15) is 11.9 Å². The molecular formula is C13H10FN3. The number of nitrogens with one attached hydrogen (secondary N) is 1. The Balaban J connectivity index is 2.20. The standard InChI is InChI=1S/C13H10FN3/c14-11-4-1-5-12(7-11)17-13(8-15)10-3-2-6-16-9-10/h1-7,9,13,17H. The summed E-state index contributed by atoms with van der Waals surface area (Å²) < 4.78 is 13.0. The zero-order valence-corrected chi connectivity index (χ0v) is 8.97. The van der Waals surface area contributed by atoms with Crippen LogP contribution in [0.3, 0.4) is 0 Å². The van der Waals surface area contributed by atoms with Gasteiger partial charge >= 0.3 is 0 Å². The van der Waals surface area contributed by atoms with E-state index in [1.165, 1.54) is 12.1 Å². The Morgan fingerprint density at radius 3 is 2.82 bits per heavy atom. The van der Waals surface area contributed by atoms with E-state index in [2.05, 4.69) is 16.4 Å². The fraction of sp³-hybridized carbons (Fsp3) is 0.0769. The van der Waals surface area contributed by atoms with Gasteiger partial charge in [0, 0.05) is 23.6 Å². The normalized spacial score (nSPS) is 11.5. The molecule has 1 aromatic heterocycles. The molecule has 1 heterocycles. The van der Waals surface area contributed by atoms with Crippen molar-refractivity contribution in [1.29, 1.82) is 5.26 Å². The van der Waals surface area contributed by atoms with Crippen molar-refractivity contribution in [2.75, 3.05) is 5.32 Å². The average molecular weight is 227 g/mol. The van der Waals surface area contributed by atoms with E-state index in [-0.39, 0.29) is 5.82 Å². The highest BCUT2D eigenvalue weighted by Crippen LogP contribution is 2.18. The molecule has 1 atom stereocenters. The Morgan fingerprint density at radius 1 is 1.29 bits per heavy atom. The van der Waals surface area contributed by atoms with Crippen molar-refractivity contribution in [3.63, 3.8) is 0 Å². The topological polar surface area (TPSA) is 48.7 Å². The predicted octanol–water partition coefficient (Wildman–Crippen LogP) is 2.90. The van der Waals surface area contributed by atoms with Crippen LogP contribution in [0, 0.1) is 17.1 Å². The van der Waals surface area contributed by atoms with Gasteiger partial charge in [-0.05, 0) is 24.3 Å². The Morgan fingerprint density at radius 2 is 2.18 bits per heavy atom. The van der Waals surface area contributed by atoms with Crippen LogP contribution in [-0.4, -0.2) is 4.98 Å². The maximum absolute atomic E-state index is 13.0. The number of hydrogen-bond acceptors (Lipinski definition) is 3. The van der Waals surface area contributed by atoms with Crippen molar-refractivity contribution in [1.82, 2.24) is 4.98 Å². The molecule has 0 aliphatic carbocycles. The highest BCUT2D eigenvalue weighted by Gasteiger charge is 2.09. The van der Waals surface area contributed by atoms with Gasteiger partial charge in [-0.15, -0.1) is 0 Å². The van der Waals surface area contributed by atoms with Crippen LogP contribution in [0.1, 0.15) is 11.6 Å². The minimum absolute atomic E-state index is 0.335. The summed E-state index contributed by atoms with van der Waals surface area (Å²) in [5, 5.41) is 12.0. The molecule has 1 aromatic carbocycles. The van der Waals surface area contributed by atoms with Gasteiger partial charge in [0.2, 0.25) is 0 Å². The third-order valence-corrected chi connectivity index (χ3v) is 2.28. The van der Waals surface area contributed by atoms with Gasteiger partial charge in [0.05, 0.1) is 6.07 Å². The summed E-state index contributed by atoms with van der Waals surface area (Å²) in [5.74, 6) is -0.335. The van der Waals surface area contributed by atoms with Crippen molar-refractivity contribution in [3.05, 3.63) is 60.2 Å². The molecule has 1 unspecified atom stereocenters. The van der Waals surface area contributed by atoms with E-state index < -0.39 is 6.04 Å². The zero-order valence-electron chi connectivity index (χ0n) is 8.97. The Hall–Kier alpha value is -2.41. The van der Waals surface area contributed by atoms with E-state index in [1.807, 2.05) is 0 Å². The van der Waals surface area contributed by atoms with Crippen LogP contribution in [0.25, 0.3) is 0 Å². The van der Waals surface area contributed by atoms with Gasteiger partial charge in [-0.3, -0.25) is 4.98 Å². The molecule has 0 aliphatic rings. The molecule has 0 fully saturated rings. The predicted molar refractivity (Wildman–Crippen MR) is 62.6 cm³/mol. The second-order valence-corrected chi connectivity index (χ2v) is 3.50. The van der Waals surface area contributed by atoms with Crippen LogP contribution in [0.4, 0.5) is 10.1 Å². The molecule has 2 aromatic rings. The molecule has 0 amide bonds. The van der Waals surface area contributed by atoms with Crippen LogP contribution in [-0.2, 0) is 0 Å². The lowest BCUT2D eigenvalue weighted by molar-refractivity contribution is 0.628. The highest BCUT2D eigenvalue weighted by molar-refractivity contribution is 5.47. The molecule has 2 rings (SSSR count). The summed E-state index contributed by atoms with van der Waals surface area (Å²) in [4.78, 5) is 3.95. The number of hydrogen-bond donors (Lipinski definition) is 1. The maximum atomic E-state index is 13.0. The lowest BCUT2D eigenvalue weighted by atomic mass is 10.1. The second-order valence-electron chi connectivity index (χ2n) is 3.50. The number of benzene rings is 1. The van der Waals surface area contributed by atoms with E-state index in [0.29, 0.717) is 5.69 Å². The Labute approximate surface area is 98.5 Å². The van der Waals surface area contributed by atoms with Crippen LogP contribution in [0.15, 0.2) is 48.8 Å². The van der Waals surface area contributed by atoms with Crippen molar-refractivity contribution in [2.45, 2.75) is 6.04 Å². The van der Waals surface area contributed by atoms with Crippen LogP contribution in [0.2, 0.25) is 0 Å². The zero-order chi connectivity index (χ0) is 12.1. The average Bonchev–Trinajstić information content (AvgIpc) is 2.37. The number of halogens is 1. The molecule has 84 valence electrons. The van der Waals surface area contributed by atoms with E-state index in [0.717, 1.165) is 5.56 Å². The molecule has 0 spiro atoms. The van der Waals surface area contributed by atoms with Gasteiger partial charge in [-0.1, -0.05) is 12.1 Å². The highest BCUT2D eigenvalue weighted by atomic mass is 19.1. The summed E-state index contributed by atoms with van der Waals surface area (Å²) in [7, 11) is 0. The largest absolute Gasteiger partial charge is 0.366 e. The van der Waals surface area contributed by atoms with Crippen molar-refractivity contribution in [3.8, 4) is 6.07 Å². The van der Waals surface area contributed by atoms with E-state index in [1.54, 1.807) is 36.7 Å². The maximum Gasteiger partial charge on any atom is 0.141 e. The lowest BCUT2D eigenvalue weighted by Crippen LogP contribution is -2.08. The summed E-state index contributed by atoms with van der Waals surface area (Å²) in [6.45, 7) is 0.